The van der Waals surface area contributed by atoms with Gasteiger partial charge in [0.15, 0.2) is 6.10 Å². The molecule has 0 N–H and O–H groups in total. The normalized spacial score (nSPS) is 27.1. The monoisotopic (exact) mass is 152 g/mol. The van der Waals surface area contributed by atoms with Crippen molar-refractivity contribution in [1.29, 1.82) is 0 Å². The van der Waals surface area contributed by atoms with Gasteiger partial charge in [-0.15, -0.1) is 11.6 Å². The summed E-state index contributed by atoms with van der Waals surface area (Å²) in [4.78, 5) is 0. The van der Waals surface area contributed by atoms with E-state index in [0.29, 0.717) is 12.5 Å². The van der Waals surface area contributed by atoms with Crippen molar-refractivity contribution in [3.8, 4) is 0 Å². The van der Waals surface area contributed by atoms with Crippen LogP contribution in [0.15, 0.2) is 0 Å². The SMILES string of the molecule is S=C1OCC(CCl)O1. The zero-order valence-electron chi connectivity index (χ0n) is 4.09. The van der Waals surface area contributed by atoms with Crippen molar-refractivity contribution in [2.75, 3.05) is 12.5 Å². The third-order valence-electron chi connectivity index (χ3n) is 0.822. The Morgan fingerprint density at radius 2 is 2.62 bits per heavy atom. The summed E-state index contributed by atoms with van der Waals surface area (Å²) in [5, 5.41) is 0.218. The molecule has 0 aromatic rings. The first-order chi connectivity index (χ1) is 3.83. The average Bonchev–Trinajstić information content (AvgIpc) is 2.14. The summed E-state index contributed by atoms with van der Waals surface area (Å²) in [5.74, 6) is 0.445. The molecule has 2 nitrogen and oxygen atoms in total. The van der Waals surface area contributed by atoms with E-state index in [0.717, 1.165) is 0 Å². The van der Waals surface area contributed by atoms with Crippen molar-refractivity contribution in [2.24, 2.45) is 0 Å². The van der Waals surface area contributed by atoms with E-state index in [-0.39, 0.29) is 11.3 Å². The van der Waals surface area contributed by atoms with Crippen molar-refractivity contribution in [3.63, 3.8) is 0 Å². The summed E-state index contributed by atoms with van der Waals surface area (Å²) in [7, 11) is 0. The highest BCUT2D eigenvalue weighted by molar-refractivity contribution is 7.79. The minimum absolute atomic E-state index is 0.0239. The van der Waals surface area contributed by atoms with E-state index in [1.807, 2.05) is 0 Å². The van der Waals surface area contributed by atoms with Gasteiger partial charge in [0.05, 0.1) is 5.88 Å². The van der Waals surface area contributed by atoms with Crippen molar-refractivity contribution < 1.29 is 9.47 Å². The molecule has 0 spiro atoms. The Morgan fingerprint density at radius 3 is 2.88 bits per heavy atom. The first kappa shape index (κ1) is 6.11. The number of thiocarbonyl (C=S) groups is 1. The van der Waals surface area contributed by atoms with Gasteiger partial charge in [-0.2, -0.15) is 0 Å². The minimum atomic E-state index is -0.0239. The zero-order chi connectivity index (χ0) is 5.98. The molecule has 0 aromatic carbocycles. The second-order valence-corrected chi connectivity index (χ2v) is 2.10. The highest BCUT2D eigenvalue weighted by Gasteiger charge is 2.19. The molecule has 0 aliphatic carbocycles. The van der Waals surface area contributed by atoms with E-state index in [1.165, 1.54) is 0 Å². The van der Waals surface area contributed by atoms with Crippen molar-refractivity contribution in [3.05, 3.63) is 0 Å². The lowest BCUT2D eigenvalue weighted by molar-refractivity contribution is 0.256. The summed E-state index contributed by atoms with van der Waals surface area (Å²) in [5.41, 5.74) is 0. The lowest BCUT2D eigenvalue weighted by Gasteiger charge is -1.97. The first-order valence-electron chi connectivity index (χ1n) is 2.22. The summed E-state index contributed by atoms with van der Waals surface area (Å²) < 4.78 is 9.67. The van der Waals surface area contributed by atoms with E-state index < -0.39 is 0 Å². The molecular formula is C4H5ClO2S. The molecule has 1 atom stereocenters. The zero-order valence-corrected chi connectivity index (χ0v) is 5.67. The van der Waals surface area contributed by atoms with Crippen LogP contribution in [0, 0.1) is 0 Å². The smallest absolute Gasteiger partial charge is 0.352 e. The quantitative estimate of drug-likeness (QED) is 0.411. The van der Waals surface area contributed by atoms with E-state index >= 15 is 0 Å². The molecule has 1 heterocycles. The lowest BCUT2D eigenvalue weighted by atomic mass is 10.4. The Bertz CT molecular complexity index is 106. The van der Waals surface area contributed by atoms with Gasteiger partial charge in [0.25, 0.3) is 0 Å². The number of alkyl halides is 1. The van der Waals surface area contributed by atoms with Crippen LogP contribution in [0.1, 0.15) is 0 Å². The van der Waals surface area contributed by atoms with Crippen LogP contribution in [0.2, 0.25) is 0 Å². The maximum absolute atomic E-state index is 5.41. The Labute approximate surface area is 57.7 Å². The Kier molecular flexibility index (Phi) is 1.91. The maximum Gasteiger partial charge on any atom is 0.352 e. The van der Waals surface area contributed by atoms with Crippen LogP contribution in [0.25, 0.3) is 0 Å². The highest BCUT2D eigenvalue weighted by atomic mass is 35.5. The van der Waals surface area contributed by atoms with Crippen LogP contribution in [0.4, 0.5) is 0 Å². The van der Waals surface area contributed by atoms with Crippen LogP contribution in [-0.4, -0.2) is 23.8 Å². The van der Waals surface area contributed by atoms with Crippen LogP contribution in [0.5, 0.6) is 0 Å². The van der Waals surface area contributed by atoms with Crippen LogP contribution < -0.4 is 0 Å². The summed E-state index contributed by atoms with van der Waals surface area (Å²) >= 11 is 9.97. The first-order valence-corrected chi connectivity index (χ1v) is 3.16. The van der Waals surface area contributed by atoms with Gasteiger partial charge in [0.2, 0.25) is 0 Å². The number of ether oxygens (including phenoxy) is 2. The molecule has 0 amide bonds. The van der Waals surface area contributed by atoms with Crippen LogP contribution in [0.3, 0.4) is 0 Å². The van der Waals surface area contributed by atoms with Gasteiger partial charge in [-0.05, 0) is 0 Å². The average molecular weight is 153 g/mol. The summed E-state index contributed by atoms with van der Waals surface area (Å²) in [6.07, 6.45) is -0.0239. The van der Waals surface area contributed by atoms with E-state index in [4.69, 9.17) is 21.1 Å². The van der Waals surface area contributed by atoms with Gasteiger partial charge in [-0.25, -0.2) is 0 Å². The van der Waals surface area contributed by atoms with Crippen molar-refractivity contribution in [1.82, 2.24) is 0 Å². The fourth-order valence-corrected chi connectivity index (χ4v) is 0.797. The summed E-state index contributed by atoms with van der Waals surface area (Å²) in [6, 6.07) is 0. The predicted molar refractivity (Wildman–Crippen MR) is 34.1 cm³/mol. The Hall–Kier alpha value is -0.0200. The largest absolute Gasteiger partial charge is 0.453 e. The molecule has 46 valence electrons. The Morgan fingerprint density at radius 1 is 1.88 bits per heavy atom. The molecule has 0 bridgehead atoms. The fourth-order valence-electron chi connectivity index (χ4n) is 0.441. The molecule has 8 heavy (non-hydrogen) atoms. The molecule has 0 radical (unpaired) electrons. The van der Waals surface area contributed by atoms with Crippen LogP contribution >= 0.6 is 23.8 Å². The molecular weight excluding hydrogens is 148 g/mol. The number of hydrogen-bond acceptors (Lipinski definition) is 3. The minimum Gasteiger partial charge on any atom is -0.453 e. The van der Waals surface area contributed by atoms with E-state index in [9.17, 15) is 0 Å². The predicted octanol–water partition coefficient (Wildman–Crippen LogP) is 0.925. The van der Waals surface area contributed by atoms with Gasteiger partial charge >= 0.3 is 5.24 Å². The molecule has 0 aromatic heterocycles. The molecule has 1 saturated heterocycles. The summed E-state index contributed by atoms with van der Waals surface area (Å²) in [6.45, 7) is 0.502. The lowest BCUT2D eigenvalue weighted by Crippen LogP contribution is -2.10. The van der Waals surface area contributed by atoms with Gasteiger partial charge in [-0.1, -0.05) is 0 Å². The van der Waals surface area contributed by atoms with Gasteiger partial charge in [-0.3, -0.25) is 0 Å². The molecule has 4 heteroatoms. The van der Waals surface area contributed by atoms with Gasteiger partial charge in [0, 0.05) is 12.2 Å². The van der Waals surface area contributed by atoms with E-state index in [1.54, 1.807) is 0 Å². The second kappa shape index (κ2) is 2.51. The molecule has 1 aliphatic heterocycles. The number of rotatable bonds is 1. The van der Waals surface area contributed by atoms with Crippen molar-refractivity contribution >= 4 is 29.1 Å². The Balaban J connectivity index is 2.32. The topological polar surface area (TPSA) is 18.5 Å². The van der Waals surface area contributed by atoms with Gasteiger partial charge < -0.3 is 9.47 Å². The number of halogens is 1. The molecule has 0 saturated carbocycles. The maximum atomic E-state index is 5.41. The van der Waals surface area contributed by atoms with E-state index in [2.05, 4.69) is 12.2 Å². The van der Waals surface area contributed by atoms with Crippen molar-refractivity contribution in [2.45, 2.75) is 6.10 Å². The number of hydrogen-bond donors (Lipinski definition) is 0. The molecule has 1 rings (SSSR count). The molecule has 1 fully saturated rings. The third kappa shape index (κ3) is 1.23. The third-order valence-corrected chi connectivity index (χ3v) is 1.38. The molecule has 1 aliphatic rings. The van der Waals surface area contributed by atoms with Crippen LogP contribution in [-0.2, 0) is 9.47 Å². The fraction of sp³-hybridized carbons (Fsp3) is 0.750. The second-order valence-electron chi connectivity index (χ2n) is 1.46. The highest BCUT2D eigenvalue weighted by Crippen LogP contribution is 2.06. The molecule has 1 unspecified atom stereocenters. The standard InChI is InChI=1S/C4H5ClO2S/c5-1-3-2-6-4(8)7-3/h3H,1-2H2. The van der Waals surface area contributed by atoms with Gasteiger partial charge in [0.1, 0.15) is 6.61 Å².